The number of hydrogen-bond acceptors (Lipinski definition) is 4. The number of rotatable bonds is 2. The first-order valence-electron chi connectivity index (χ1n) is 8.15. The number of benzene rings is 1. The van der Waals surface area contributed by atoms with Crippen LogP contribution in [0.4, 0.5) is 0 Å². The zero-order valence-corrected chi connectivity index (χ0v) is 14.6. The van der Waals surface area contributed by atoms with Gasteiger partial charge in [0.15, 0.2) is 5.78 Å². The van der Waals surface area contributed by atoms with Crippen molar-refractivity contribution in [2.75, 3.05) is 7.11 Å². The lowest BCUT2D eigenvalue weighted by Gasteiger charge is -2.38. The largest absolute Gasteiger partial charge is 0.496 e. The third-order valence-corrected chi connectivity index (χ3v) is 4.81. The van der Waals surface area contributed by atoms with E-state index in [1.54, 1.807) is 7.11 Å². The number of nitrogens with zero attached hydrogens (tertiary/aromatic N) is 1. The van der Waals surface area contributed by atoms with Gasteiger partial charge in [-0.15, -0.1) is 0 Å². The molecule has 1 N–H and O–H groups in total. The van der Waals surface area contributed by atoms with Gasteiger partial charge in [0.1, 0.15) is 5.75 Å². The molecule has 1 aliphatic carbocycles. The molecule has 0 saturated carbocycles. The van der Waals surface area contributed by atoms with Gasteiger partial charge >= 0.3 is 0 Å². The maximum absolute atomic E-state index is 12.9. The van der Waals surface area contributed by atoms with E-state index in [9.17, 15) is 10.1 Å². The fourth-order valence-electron chi connectivity index (χ4n) is 3.80. The van der Waals surface area contributed by atoms with Gasteiger partial charge in [-0.1, -0.05) is 32.0 Å². The number of carbonyl (C=O) groups excluding carboxylic acids is 1. The molecule has 3 rings (SSSR count). The highest BCUT2D eigenvalue weighted by molar-refractivity contribution is 6.00. The lowest BCUT2D eigenvalue weighted by atomic mass is 9.68. The van der Waals surface area contributed by atoms with Crippen LogP contribution >= 0.6 is 0 Å². The summed E-state index contributed by atoms with van der Waals surface area (Å²) >= 11 is 0. The summed E-state index contributed by atoms with van der Waals surface area (Å²) in [7, 11) is 1.61. The summed E-state index contributed by atoms with van der Waals surface area (Å²) in [6.07, 6.45) is 1.30. The molecular weight excluding hydrogens is 300 g/mol. The van der Waals surface area contributed by atoms with Crippen LogP contribution in [0, 0.1) is 16.7 Å². The van der Waals surface area contributed by atoms with E-state index >= 15 is 0 Å². The van der Waals surface area contributed by atoms with Gasteiger partial charge in [0.2, 0.25) is 0 Å². The second kappa shape index (κ2) is 5.83. The molecule has 0 spiro atoms. The number of carbonyl (C=O) groups is 1. The van der Waals surface area contributed by atoms with Gasteiger partial charge in [0.25, 0.3) is 0 Å². The molecule has 24 heavy (non-hydrogen) atoms. The van der Waals surface area contributed by atoms with E-state index in [0.717, 1.165) is 29.0 Å². The number of Topliss-reactive ketones (excluding diaryl/α,β-unsaturated/α-hetero) is 1. The topological polar surface area (TPSA) is 62.1 Å². The molecule has 1 aliphatic heterocycles. The molecule has 4 heteroatoms. The molecule has 0 aromatic heterocycles. The van der Waals surface area contributed by atoms with Crippen molar-refractivity contribution in [3.8, 4) is 11.8 Å². The van der Waals surface area contributed by atoms with Crippen molar-refractivity contribution in [3.05, 3.63) is 52.4 Å². The summed E-state index contributed by atoms with van der Waals surface area (Å²) in [4.78, 5) is 12.9. The number of para-hydroxylation sites is 1. The third-order valence-electron chi connectivity index (χ3n) is 4.81. The predicted octanol–water partition coefficient (Wildman–Crippen LogP) is 3.82. The Hall–Kier alpha value is -2.54. The minimum Gasteiger partial charge on any atom is -0.496 e. The Morgan fingerprint density at radius 2 is 2.00 bits per heavy atom. The number of hydrogen-bond donors (Lipinski definition) is 1. The van der Waals surface area contributed by atoms with Crippen molar-refractivity contribution >= 4 is 5.78 Å². The molecule has 1 unspecified atom stereocenters. The first-order valence-corrected chi connectivity index (χ1v) is 8.15. The van der Waals surface area contributed by atoms with Gasteiger partial charge in [-0.2, -0.15) is 5.26 Å². The van der Waals surface area contributed by atoms with Crippen molar-refractivity contribution in [1.82, 2.24) is 5.32 Å². The molecule has 124 valence electrons. The summed E-state index contributed by atoms with van der Waals surface area (Å²) in [5, 5.41) is 13.0. The first kappa shape index (κ1) is 16.3. The maximum atomic E-state index is 12.9. The highest BCUT2D eigenvalue weighted by Crippen LogP contribution is 2.47. The Balaban J connectivity index is 2.23. The predicted molar refractivity (Wildman–Crippen MR) is 92.2 cm³/mol. The Morgan fingerprint density at radius 3 is 2.67 bits per heavy atom. The molecule has 0 bridgehead atoms. The van der Waals surface area contributed by atoms with Crippen LogP contribution in [0.2, 0.25) is 0 Å². The van der Waals surface area contributed by atoms with Crippen molar-refractivity contribution < 1.29 is 9.53 Å². The number of allylic oxidation sites excluding steroid dienone is 4. The van der Waals surface area contributed by atoms with Crippen molar-refractivity contribution in [2.45, 2.75) is 39.5 Å². The van der Waals surface area contributed by atoms with E-state index in [1.165, 1.54) is 0 Å². The summed E-state index contributed by atoms with van der Waals surface area (Å²) in [6, 6.07) is 9.93. The van der Waals surface area contributed by atoms with Gasteiger partial charge in [-0.3, -0.25) is 4.79 Å². The van der Waals surface area contributed by atoms with E-state index in [2.05, 4.69) is 25.2 Å². The van der Waals surface area contributed by atoms with Gasteiger partial charge in [-0.25, -0.2) is 0 Å². The number of nitrogens with one attached hydrogen (secondary N) is 1. The summed E-state index contributed by atoms with van der Waals surface area (Å²) in [5.74, 6) is 0.463. The number of ketones is 1. The average Bonchev–Trinajstić information content (AvgIpc) is 2.52. The van der Waals surface area contributed by atoms with Crippen molar-refractivity contribution in [1.29, 1.82) is 5.26 Å². The summed E-state index contributed by atoms with van der Waals surface area (Å²) < 4.78 is 5.50. The van der Waals surface area contributed by atoms with E-state index in [1.807, 2.05) is 31.2 Å². The maximum Gasteiger partial charge on any atom is 0.162 e. The zero-order chi connectivity index (χ0) is 17.5. The third kappa shape index (κ3) is 2.60. The molecule has 0 amide bonds. The average molecular weight is 322 g/mol. The molecule has 0 radical (unpaired) electrons. The van der Waals surface area contributed by atoms with Crippen LogP contribution in [-0.4, -0.2) is 12.9 Å². The molecule has 2 aliphatic rings. The molecule has 0 fully saturated rings. The fourth-order valence-corrected chi connectivity index (χ4v) is 3.80. The van der Waals surface area contributed by atoms with E-state index in [4.69, 9.17) is 4.74 Å². The lowest BCUT2D eigenvalue weighted by molar-refractivity contribution is -0.118. The Kier molecular flexibility index (Phi) is 3.96. The van der Waals surface area contributed by atoms with Crippen LogP contribution in [0.5, 0.6) is 5.75 Å². The van der Waals surface area contributed by atoms with Crippen LogP contribution in [-0.2, 0) is 4.79 Å². The molecule has 1 atom stereocenters. The smallest absolute Gasteiger partial charge is 0.162 e. The molecular formula is C20H22N2O2. The van der Waals surface area contributed by atoms with Crippen molar-refractivity contribution in [3.63, 3.8) is 0 Å². The minimum absolute atomic E-state index is 0.0708. The second-order valence-corrected chi connectivity index (χ2v) is 7.28. The number of methoxy groups -OCH3 is 1. The SMILES string of the molecule is COc1ccccc1C1C(C#N)=C(C)NC2=C1C(=O)CC(C)(C)C2. The van der Waals surface area contributed by atoms with E-state index < -0.39 is 0 Å². The van der Waals surface area contributed by atoms with E-state index in [0.29, 0.717) is 17.7 Å². The quantitative estimate of drug-likeness (QED) is 0.899. The lowest BCUT2D eigenvalue weighted by Crippen LogP contribution is -2.36. The molecule has 4 nitrogen and oxygen atoms in total. The number of dihydropyridines is 1. The summed E-state index contributed by atoms with van der Waals surface area (Å²) in [6.45, 7) is 6.11. The van der Waals surface area contributed by atoms with Crippen LogP contribution < -0.4 is 10.1 Å². The van der Waals surface area contributed by atoms with Gasteiger partial charge < -0.3 is 10.1 Å². The molecule has 1 heterocycles. The standard InChI is InChI=1S/C20H22N2O2/c1-12-14(11-21)18(13-7-5-6-8-17(13)24-4)19-15(22-12)9-20(2,3)10-16(19)23/h5-8,18,22H,9-10H2,1-4H3. The normalized spacial score (nSPS) is 22.6. The minimum atomic E-state index is -0.356. The Morgan fingerprint density at radius 1 is 1.29 bits per heavy atom. The molecule has 1 aromatic carbocycles. The van der Waals surface area contributed by atoms with Gasteiger partial charge in [-0.05, 0) is 24.8 Å². The van der Waals surface area contributed by atoms with Gasteiger partial charge in [0.05, 0.1) is 24.7 Å². The summed E-state index contributed by atoms with van der Waals surface area (Å²) in [5.41, 5.74) is 3.88. The fraction of sp³-hybridized carbons (Fsp3) is 0.400. The van der Waals surface area contributed by atoms with E-state index in [-0.39, 0.29) is 17.1 Å². The van der Waals surface area contributed by atoms with Gasteiger partial charge in [0, 0.05) is 29.0 Å². The highest BCUT2D eigenvalue weighted by Gasteiger charge is 2.41. The first-order chi connectivity index (χ1) is 11.4. The van der Waals surface area contributed by atoms with Crippen molar-refractivity contribution in [2.24, 2.45) is 5.41 Å². The Labute approximate surface area is 142 Å². The second-order valence-electron chi connectivity index (χ2n) is 7.28. The molecule has 1 aromatic rings. The number of nitriles is 1. The van der Waals surface area contributed by atoms with Crippen LogP contribution in [0.1, 0.15) is 45.1 Å². The van der Waals surface area contributed by atoms with Crippen LogP contribution in [0.3, 0.4) is 0 Å². The highest BCUT2D eigenvalue weighted by atomic mass is 16.5. The van der Waals surface area contributed by atoms with Crippen LogP contribution in [0.25, 0.3) is 0 Å². The monoisotopic (exact) mass is 322 g/mol. The number of ether oxygens (including phenoxy) is 1. The zero-order valence-electron chi connectivity index (χ0n) is 14.6. The molecule has 0 saturated heterocycles. The Bertz CT molecular complexity index is 809. The van der Waals surface area contributed by atoms with Crippen LogP contribution in [0.15, 0.2) is 46.8 Å².